The summed E-state index contributed by atoms with van der Waals surface area (Å²) in [6, 6.07) is 6.58. The average Bonchev–Trinajstić information content (AvgIpc) is 2.62. The van der Waals surface area contributed by atoms with E-state index in [4.69, 9.17) is 16.9 Å². The van der Waals surface area contributed by atoms with Gasteiger partial charge in [0.2, 0.25) is 5.91 Å². The van der Waals surface area contributed by atoms with E-state index in [-0.39, 0.29) is 23.8 Å². The minimum atomic E-state index is -0.431. The molecule has 0 radical (unpaired) electrons. The van der Waals surface area contributed by atoms with Crippen molar-refractivity contribution in [1.82, 2.24) is 9.88 Å². The van der Waals surface area contributed by atoms with Gasteiger partial charge in [0.05, 0.1) is 10.7 Å². The van der Waals surface area contributed by atoms with Crippen LogP contribution in [0.3, 0.4) is 0 Å². The first-order chi connectivity index (χ1) is 13.1. The Morgan fingerprint density at radius 3 is 2.57 bits per heavy atom. The van der Waals surface area contributed by atoms with Gasteiger partial charge in [-0.2, -0.15) is 5.26 Å². The smallest absolute Gasteiger partial charge is 0.266 e. The number of halogens is 1. The molecule has 0 bridgehead atoms. The second-order valence-corrected chi connectivity index (χ2v) is 7.02. The molecule has 0 aliphatic heterocycles. The first-order valence-electron chi connectivity index (χ1n) is 8.59. The van der Waals surface area contributed by atoms with E-state index >= 15 is 0 Å². The van der Waals surface area contributed by atoms with Crippen LogP contribution in [-0.2, 0) is 11.2 Å². The summed E-state index contributed by atoms with van der Waals surface area (Å²) in [7, 11) is 3.28. The number of carbonyl (C=O) groups is 2. The molecule has 146 valence electrons. The standard InChI is InChI=1S/C20H21ClN4O3/c1-11-14(12(2)23-19(27)15(11)10-22)6-8-18(26)24-17-9-13(5-7-16(17)21)20(28)25(3)4/h5,7,9H,6,8H2,1-4H3,(H,23,27)(H,24,26). The Bertz CT molecular complexity index is 1030. The molecule has 1 aromatic carbocycles. The second-order valence-electron chi connectivity index (χ2n) is 6.61. The van der Waals surface area contributed by atoms with Gasteiger partial charge in [-0.05, 0) is 49.6 Å². The van der Waals surface area contributed by atoms with E-state index < -0.39 is 5.56 Å². The quantitative estimate of drug-likeness (QED) is 0.804. The number of carbonyl (C=O) groups excluding carboxylic acids is 2. The molecule has 28 heavy (non-hydrogen) atoms. The molecule has 0 spiro atoms. The normalized spacial score (nSPS) is 10.3. The van der Waals surface area contributed by atoms with Crippen LogP contribution in [0.2, 0.25) is 5.02 Å². The molecule has 0 atom stereocenters. The maximum atomic E-state index is 12.4. The van der Waals surface area contributed by atoms with Crippen LogP contribution in [-0.4, -0.2) is 35.8 Å². The summed E-state index contributed by atoms with van der Waals surface area (Å²) in [6.45, 7) is 3.43. The van der Waals surface area contributed by atoms with Gasteiger partial charge in [0.15, 0.2) is 0 Å². The fourth-order valence-electron chi connectivity index (χ4n) is 2.88. The number of aryl methyl sites for hydroxylation is 1. The summed E-state index contributed by atoms with van der Waals surface area (Å²) >= 11 is 6.13. The molecule has 0 saturated heterocycles. The maximum absolute atomic E-state index is 12.4. The third kappa shape index (κ3) is 4.59. The summed E-state index contributed by atoms with van der Waals surface area (Å²) in [5.41, 5.74) is 2.36. The predicted octanol–water partition coefficient (Wildman–Crippen LogP) is 2.79. The summed E-state index contributed by atoms with van der Waals surface area (Å²) in [5.74, 6) is -0.490. The maximum Gasteiger partial charge on any atom is 0.266 e. The van der Waals surface area contributed by atoms with Crippen LogP contribution in [0, 0.1) is 25.2 Å². The van der Waals surface area contributed by atoms with Crippen LogP contribution in [0.5, 0.6) is 0 Å². The van der Waals surface area contributed by atoms with Gasteiger partial charge >= 0.3 is 0 Å². The van der Waals surface area contributed by atoms with Gasteiger partial charge in [0.1, 0.15) is 11.6 Å². The molecular weight excluding hydrogens is 380 g/mol. The van der Waals surface area contributed by atoms with Crippen molar-refractivity contribution < 1.29 is 9.59 Å². The highest BCUT2D eigenvalue weighted by atomic mass is 35.5. The van der Waals surface area contributed by atoms with Gasteiger partial charge in [0, 0.05) is 31.8 Å². The predicted molar refractivity (Wildman–Crippen MR) is 108 cm³/mol. The lowest BCUT2D eigenvalue weighted by Gasteiger charge is -2.14. The molecule has 1 aromatic heterocycles. The Hall–Kier alpha value is -3.11. The fraction of sp³-hybridized carbons (Fsp3) is 0.300. The second kappa shape index (κ2) is 8.72. The highest BCUT2D eigenvalue weighted by Crippen LogP contribution is 2.24. The zero-order valence-electron chi connectivity index (χ0n) is 16.1. The number of anilines is 1. The van der Waals surface area contributed by atoms with Crippen LogP contribution >= 0.6 is 11.6 Å². The van der Waals surface area contributed by atoms with Crippen LogP contribution in [0.1, 0.15) is 39.2 Å². The number of pyridine rings is 1. The monoisotopic (exact) mass is 400 g/mol. The molecule has 0 saturated carbocycles. The zero-order valence-corrected chi connectivity index (χ0v) is 16.9. The number of nitrogens with zero attached hydrogens (tertiary/aromatic N) is 2. The molecule has 1 heterocycles. The van der Waals surface area contributed by atoms with Crippen molar-refractivity contribution >= 4 is 29.1 Å². The molecule has 2 rings (SSSR count). The minimum absolute atomic E-state index is 0.0546. The van der Waals surface area contributed by atoms with E-state index in [0.717, 1.165) is 5.56 Å². The van der Waals surface area contributed by atoms with Crippen molar-refractivity contribution in [3.63, 3.8) is 0 Å². The number of hydrogen-bond acceptors (Lipinski definition) is 4. The lowest BCUT2D eigenvalue weighted by Crippen LogP contribution is -2.22. The Morgan fingerprint density at radius 1 is 1.29 bits per heavy atom. The van der Waals surface area contributed by atoms with Crippen molar-refractivity contribution in [3.8, 4) is 6.07 Å². The number of benzene rings is 1. The molecule has 8 heteroatoms. The number of aromatic amines is 1. The van der Waals surface area contributed by atoms with Crippen molar-refractivity contribution in [2.45, 2.75) is 26.7 Å². The molecule has 2 aromatic rings. The van der Waals surface area contributed by atoms with Gasteiger partial charge in [-0.1, -0.05) is 11.6 Å². The largest absolute Gasteiger partial charge is 0.345 e. The van der Waals surface area contributed by atoms with Crippen molar-refractivity contribution in [3.05, 3.63) is 61.5 Å². The first-order valence-corrected chi connectivity index (χ1v) is 8.97. The van der Waals surface area contributed by atoms with Crippen molar-refractivity contribution in [2.75, 3.05) is 19.4 Å². The van der Waals surface area contributed by atoms with Gasteiger partial charge in [0.25, 0.3) is 11.5 Å². The summed E-state index contributed by atoms with van der Waals surface area (Å²) in [4.78, 5) is 40.3. The summed E-state index contributed by atoms with van der Waals surface area (Å²) < 4.78 is 0. The van der Waals surface area contributed by atoms with Gasteiger partial charge in [-0.25, -0.2) is 0 Å². The Balaban J connectivity index is 2.16. The minimum Gasteiger partial charge on any atom is -0.345 e. The first kappa shape index (κ1) is 21.2. The van der Waals surface area contributed by atoms with Crippen LogP contribution in [0.4, 0.5) is 5.69 Å². The Labute approximate surface area is 167 Å². The number of rotatable bonds is 5. The molecule has 0 aliphatic carbocycles. The van der Waals surface area contributed by atoms with Crippen molar-refractivity contribution in [1.29, 1.82) is 5.26 Å². The number of amides is 2. The van der Waals surface area contributed by atoms with Crippen molar-refractivity contribution in [2.24, 2.45) is 0 Å². The molecule has 0 fully saturated rings. The number of nitriles is 1. The summed E-state index contributed by atoms with van der Waals surface area (Å²) in [5, 5.41) is 12.2. The third-order valence-electron chi connectivity index (χ3n) is 4.42. The Kier molecular flexibility index (Phi) is 6.60. The molecule has 2 N–H and O–H groups in total. The third-order valence-corrected chi connectivity index (χ3v) is 4.75. The van der Waals surface area contributed by atoms with Gasteiger partial charge in [-0.3, -0.25) is 14.4 Å². The molecule has 0 aliphatic rings. The summed E-state index contributed by atoms with van der Waals surface area (Å²) in [6.07, 6.45) is 0.476. The van der Waals surface area contributed by atoms with E-state index in [1.807, 2.05) is 6.07 Å². The topological polar surface area (TPSA) is 106 Å². The number of aromatic nitrogens is 1. The highest BCUT2D eigenvalue weighted by Gasteiger charge is 2.15. The fourth-order valence-corrected chi connectivity index (χ4v) is 3.05. The van der Waals surface area contributed by atoms with E-state index in [2.05, 4.69) is 10.3 Å². The lowest BCUT2D eigenvalue weighted by atomic mass is 9.99. The molecule has 0 unspecified atom stereocenters. The van der Waals surface area contributed by atoms with Crippen LogP contribution in [0.15, 0.2) is 23.0 Å². The van der Waals surface area contributed by atoms with Crippen LogP contribution < -0.4 is 10.9 Å². The number of hydrogen-bond donors (Lipinski definition) is 2. The van der Waals surface area contributed by atoms with Gasteiger partial charge in [-0.15, -0.1) is 0 Å². The van der Waals surface area contributed by atoms with Gasteiger partial charge < -0.3 is 15.2 Å². The highest BCUT2D eigenvalue weighted by molar-refractivity contribution is 6.33. The Morgan fingerprint density at radius 2 is 1.96 bits per heavy atom. The number of H-pyrrole nitrogens is 1. The average molecular weight is 401 g/mol. The van der Waals surface area contributed by atoms with E-state index in [1.54, 1.807) is 40.1 Å². The van der Waals surface area contributed by atoms with E-state index in [9.17, 15) is 14.4 Å². The number of nitrogens with one attached hydrogen (secondary N) is 2. The van der Waals surface area contributed by atoms with Crippen LogP contribution in [0.25, 0.3) is 0 Å². The zero-order chi connectivity index (χ0) is 21.0. The molecule has 7 nitrogen and oxygen atoms in total. The van der Waals surface area contributed by atoms with E-state index in [1.165, 1.54) is 11.0 Å². The SMILES string of the molecule is Cc1[nH]c(=O)c(C#N)c(C)c1CCC(=O)Nc1cc(C(=O)N(C)C)ccc1Cl. The lowest BCUT2D eigenvalue weighted by molar-refractivity contribution is -0.116. The van der Waals surface area contributed by atoms with E-state index in [0.29, 0.717) is 34.0 Å². The molecule has 2 amide bonds. The molecular formula is C20H21ClN4O3.